The summed E-state index contributed by atoms with van der Waals surface area (Å²) in [4.78, 5) is 23.5. The monoisotopic (exact) mass is 291 g/mol. The number of rotatable bonds is 4. The number of nitrogens with zero attached hydrogens (tertiary/aromatic N) is 3. The minimum absolute atomic E-state index is 0.0823. The number of anilines is 2. The van der Waals surface area contributed by atoms with Crippen LogP contribution in [0, 0.1) is 6.92 Å². The number of hydrogen-bond donors (Lipinski definition) is 2. The fraction of sp³-hybridized carbons (Fsp3) is 0.667. The van der Waals surface area contributed by atoms with Gasteiger partial charge in [0, 0.05) is 31.6 Å². The number of piperazine rings is 1. The van der Waals surface area contributed by atoms with Crippen molar-refractivity contribution in [3.05, 3.63) is 11.4 Å². The second-order valence-corrected chi connectivity index (χ2v) is 5.69. The van der Waals surface area contributed by atoms with Gasteiger partial charge in [0.1, 0.15) is 23.5 Å². The molecule has 1 fully saturated rings. The van der Waals surface area contributed by atoms with Gasteiger partial charge in [0.05, 0.1) is 0 Å². The summed E-state index contributed by atoms with van der Waals surface area (Å²) in [7, 11) is 1.86. The quantitative estimate of drug-likeness (QED) is 0.883. The van der Waals surface area contributed by atoms with Gasteiger partial charge in [-0.1, -0.05) is 20.8 Å². The van der Waals surface area contributed by atoms with Crippen molar-refractivity contribution in [2.75, 3.05) is 30.4 Å². The fourth-order valence-electron chi connectivity index (χ4n) is 2.68. The van der Waals surface area contributed by atoms with Crippen molar-refractivity contribution in [2.24, 2.45) is 0 Å². The van der Waals surface area contributed by atoms with Gasteiger partial charge in [-0.15, -0.1) is 0 Å². The van der Waals surface area contributed by atoms with Crippen LogP contribution in [0.25, 0.3) is 0 Å². The zero-order valence-electron chi connectivity index (χ0n) is 13.5. The van der Waals surface area contributed by atoms with E-state index in [1.54, 1.807) is 0 Å². The van der Waals surface area contributed by atoms with E-state index in [1.165, 1.54) is 0 Å². The molecule has 1 aromatic heterocycles. The van der Waals surface area contributed by atoms with E-state index in [9.17, 15) is 4.79 Å². The lowest BCUT2D eigenvalue weighted by Gasteiger charge is -2.36. The number of carbonyl (C=O) groups excluding carboxylic acids is 1. The Balaban J connectivity index is 2.50. The SMILES string of the molecule is CCC1C(=O)NCCN1c1nc(C(C)C)nc(NC)c1C. The number of aromatic nitrogens is 2. The molecule has 1 saturated heterocycles. The number of hydrogen-bond acceptors (Lipinski definition) is 5. The first-order valence-electron chi connectivity index (χ1n) is 7.60. The Hall–Kier alpha value is -1.85. The van der Waals surface area contributed by atoms with E-state index < -0.39 is 0 Å². The van der Waals surface area contributed by atoms with Crippen molar-refractivity contribution in [1.29, 1.82) is 0 Å². The molecule has 0 saturated carbocycles. The summed E-state index contributed by atoms with van der Waals surface area (Å²) in [6, 6.07) is -0.155. The van der Waals surface area contributed by atoms with Crippen molar-refractivity contribution >= 4 is 17.5 Å². The fourth-order valence-corrected chi connectivity index (χ4v) is 2.68. The average Bonchev–Trinajstić information content (AvgIpc) is 2.47. The highest BCUT2D eigenvalue weighted by atomic mass is 16.2. The summed E-state index contributed by atoms with van der Waals surface area (Å²) < 4.78 is 0. The van der Waals surface area contributed by atoms with Crippen LogP contribution in [-0.4, -0.2) is 42.1 Å². The van der Waals surface area contributed by atoms with Gasteiger partial charge in [0.2, 0.25) is 5.91 Å². The third kappa shape index (κ3) is 2.94. The molecular weight excluding hydrogens is 266 g/mol. The Bertz CT molecular complexity index is 529. The molecular formula is C15H25N5O. The lowest BCUT2D eigenvalue weighted by atomic mass is 10.1. The van der Waals surface area contributed by atoms with E-state index >= 15 is 0 Å². The molecule has 1 aromatic rings. The largest absolute Gasteiger partial charge is 0.373 e. The Morgan fingerprint density at radius 2 is 2.14 bits per heavy atom. The van der Waals surface area contributed by atoms with E-state index in [2.05, 4.69) is 34.4 Å². The van der Waals surface area contributed by atoms with Gasteiger partial charge in [0.15, 0.2) is 0 Å². The molecule has 6 heteroatoms. The summed E-state index contributed by atoms with van der Waals surface area (Å²) >= 11 is 0. The third-order valence-corrected chi connectivity index (χ3v) is 3.88. The minimum Gasteiger partial charge on any atom is -0.373 e. The molecule has 1 atom stereocenters. The molecule has 116 valence electrons. The lowest BCUT2D eigenvalue weighted by Crippen LogP contribution is -2.55. The summed E-state index contributed by atoms with van der Waals surface area (Å²) in [6.45, 7) is 9.63. The standard InChI is InChI=1S/C15H25N5O/c1-6-11-15(21)17-7-8-20(11)14-10(4)13(16-5)18-12(19-14)9(2)3/h9,11H,6-8H2,1-5H3,(H,17,21)(H,16,18,19). The zero-order chi connectivity index (χ0) is 15.6. The van der Waals surface area contributed by atoms with Crippen LogP contribution in [0.3, 0.4) is 0 Å². The van der Waals surface area contributed by atoms with Gasteiger partial charge in [-0.25, -0.2) is 9.97 Å². The molecule has 21 heavy (non-hydrogen) atoms. The molecule has 0 aromatic carbocycles. The van der Waals surface area contributed by atoms with Crippen molar-refractivity contribution in [3.8, 4) is 0 Å². The molecule has 0 bridgehead atoms. The highest BCUT2D eigenvalue weighted by Crippen LogP contribution is 2.28. The molecule has 2 rings (SSSR count). The van der Waals surface area contributed by atoms with Crippen LogP contribution in [-0.2, 0) is 4.79 Å². The highest BCUT2D eigenvalue weighted by molar-refractivity contribution is 5.86. The summed E-state index contributed by atoms with van der Waals surface area (Å²) in [5.74, 6) is 2.85. The van der Waals surface area contributed by atoms with E-state index in [0.29, 0.717) is 6.54 Å². The molecule has 0 radical (unpaired) electrons. The van der Waals surface area contributed by atoms with Crippen molar-refractivity contribution in [1.82, 2.24) is 15.3 Å². The molecule has 0 aliphatic carbocycles. The first kappa shape index (κ1) is 15.5. The van der Waals surface area contributed by atoms with E-state index in [0.717, 1.165) is 36.0 Å². The van der Waals surface area contributed by atoms with E-state index in [4.69, 9.17) is 4.98 Å². The van der Waals surface area contributed by atoms with Gasteiger partial charge in [-0.05, 0) is 13.3 Å². The minimum atomic E-state index is -0.155. The highest BCUT2D eigenvalue weighted by Gasteiger charge is 2.31. The van der Waals surface area contributed by atoms with Crippen LogP contribution in [0.4, 0.5) is 11.6 Å². The van der Waals surface area contributed by atoms with E-state index in [1.807, 2.05) is 20.9 Å². The van der Waals surface area contributed by atoms with Crippen LogP contribution >= 0.6 is 0 Å². The second-order valence-electron chi connectivity index (χ2n) is 5.69. The molecule has 1 unspecified atom stereocenters. The molecule has 6 nitrogen and oxygen atoms in total. The maximum atomic E-state index is 12.1. The van der Waals surface area contributed by atoms with Crippen LogP contribution in [0.5, 0.6) is 0 Å². The Morgan fingerprint density at radius 1 is 1.43 bits per heavy atom. The van der Waals surface area contributed by atoms with Crippen LogP contribution in [0.15, 0.2) is 0 Å². The first-order chi connectivity index (χ1) is 9.99. The molecule has 2 heterocycles. The van der Waals surface area contributed by atoms with Crippen molar-refractivity contribution < 1.29 is 4.79 Å². The predicted octanol–water partition coefficient (Wildman–Crippen LogP) is 1.66. The molecule has 2 N–H and O–H groups in total. The van der Waals surface area contributed by atoms with Crippen molar-refractivity contribution in [3.63, 3.8) is 0 Å². The number of nitrogens with one attached hydrogen (secondary N) is 2. The number of amides is 1. The van der Waals surface area contributed by atoms with Gasteiger partial charge in [-0.2, -0.15) is 0 Å². The second kappa shape index (κ2) is 6.28. The van der Waals surface area contributed by atoms with E-state index in [-0.39, 0.29) is 17.9 Å². The normalized spacial score (nSPS) is 18.9. The third-order valence-electron chi connectivity index (χ3n) is 3.88. The van der Waals surface area contributed by atoms with Crippen LogP contribution in [0.1, 0.15) is 44.5 Å². The van der Waals surface area contributed by atoms with Gasteiger partial charge in [0.25, 0.3) is 0 Å². The average molecular weight is 291 g/mol. The molecule has 1 amide bonds. The molecule has 1 aliphatic rings. The Morgan fingerprint density at radius 3 is 2.71 bits per heavy atom. The molecule has 1 aliphatic heterocycles. The van der Waals surface area contributed by atoms with Gasteiger partial charge >= 0.3 is 0 Å². The zero-order valence-corrected chi connectivity index (χ0v) is 13.5. The van der Waals surface area contributed by atoms with Crippen LogP contribution in [0.2, 0.25) is 0 Å². The molecule has 0 spiro atoms. The Labute approximate surface area is 126 Å². The number of carbonyl (C=O) groups is 1. The summed E-state index contributed by atoms with van der Waals surface area (Å²) in [5.41, 5.74) is 0.995. The first-order valence-corrected chi connectivity index (χ1v) is 7.60. The maximum Gasteiger partial charge on any atom is 0.242 e. The van der Waals surface area contributed by atoms with Gasteiger partial charge < -0.3 is 15.5 Å². The maximum absolute atomic E-state index is 12.1. The smallest absolute Gasteiger partial charge is 0.242 e. The summed E-state index contributed by atoms with van der Waals surface area (Å²) in [5, 5.41) is 6.06. The van der Waals surface area contributed by atoms with Gasteiger partial charge in [-0.3, -0.25) is 4.79 Å². The van der Waals surface area contributed by atoms with Crippen molar-refractivity contribution in [2.45, 2.75) is 46.1 Å². The summed E-state index contributed by atoms with van der Waals surface area (Å²) in [6.07, 6.45) is 0.765. The predicted molar refractivity (Wildman–Crippen MR) is 84.8 cm³/mol. The topological polar surface area (TPSA) is 70.2 Å². The van der Waals surface area contributed by atoms with Crippen LogP contribution < -0.4 is 15.5 Å². The lowest BCUT2D eigenvalue weighted by molar-refractivity contribution is -0.123. The Kier molecular flexibility index (Phi) is 4.65.